The zero-order valence-corrected chi connectivity index (χ0v) is 31.9. The van der Waals surface area contributed by atoms with Crippen molar-refractivity contribution >= 4 is 21.8 Å². The van der Waals surface area contributed by atoms with E-state index in [4.69, 9.17) is 15.0 Å². The molecule has 59 heavy (non-hydrogen) atoms. The van der Waals surface area contributed by atoms with E-state index in [0.29, 0.717) is 51.0 Å². The Labute approximate surface area is 338 Å². The molecule has 9 heteroatoms. The Balaban J connectivity index is 0.00000238. The number of hydrogen-bond donors (Lipinski definition) is 0. The Kier molecular flexibility index (Phi) is 10.3. The van der Waals surface area contributed by atoms with Crippen LogP contribution in [0.15, 0.2) is 164 Å². The number of alkyl halides is 3. The Morgan fingerprint density at radius 1 is 0.458 bits per heavy atom. The number of hydrogen-bond acceptors (Lipinski definition) is 5. The summed E-state index contributed by atoms with van der Waals surface area (Å²) in [6.07, 6.45) is -4.60. The van der Waals surface area contributed by atoms with Crippen molar-refractivity contribution < 1.29 is 13.2 Å². The predicted octanol–water partition coefficient (Wildman–Crippen LogP) is 13.1. The minimum atomic E-state index is -4.60. The number of para-hydroxylation sites is 1. The van der Waals surface area contributed by atoms with Gasteiger partial charge < -0.3 is 4.57 Å². The van der Waals surface area contributed by atoms with E-state index in [9.17, 15) is 23.7 Å². The maximum atomic E-state index is 14.5. The summed E-state index contributed by atoms with van der Waals surface area (Å²) in [5.74, 6) is 1.20. The molecule has 6 nitrogen and oxygen atoms in total. The highest BCUT2D eigenvalue weighted by Gasteiger charge is 2.33. The molecule has 0 spiro atoms. The highest BCUT2D eigenvalue weighted by molar-refractivity contribution is 6.11. The van der Waals surface area contributed by atoms with Crippen molar-refractivity contribution in [2.75, 3.05) is 0 Å². The van der Waals surface area contributed by atoms with Gasteiger partial charge in [-0.15, -0.1) is 0 Å². The molecule has 284 valence electrons. The maximum Gasteiger partial charge on any atom is 0.417 e. The minimum absolute atomic E-state index is 0.0298. The topological polar surface area (TPSA) is 91.2 Å². The van der Waals surface area contributed by atoms with E-state index in [0.717, 1.165) is 44.6 Å². The molecular weight excluding hydrogens is 742 g/mol. The molecule has 0 saturated heterocycles. The fraction of sp³-hybridized carbons (Fsp3) is 0.0600. The van der Waals surface area contributed by atoms with Crippen LogP contribution in [0, 0.1) is 22.7 Å². The Hall–Kier alpha value is -7.88. The molecule has 0 aliphatic heterocycles. The number of rotatable bonds is 6. The van der Waals surface area contributed by atoms with Gasteiger partial charge in [-0.2, -0.15) is 23.7 Å². The summed E-state index contributed by atoms with van der Waals surface area (Å²) in [6, 6.07) is 52.9. The molecule has 0 fully saturated rings. The lowest BCUT2D eigenvalue weighted by Gasteiger charge is -2.18. The van der Waals surface area contributed by atoms with Crippen molar-refractivity contribution in [2.45, 2.75) is 20.0 Å². The van der Waals surface area contributed by atoms with Crippen LogP contribution < -0.4 is 0 Å². The second-order valence-electron chi connectivity index (χ2n) is 13.4. The van der Waals surface area contributed by atoms with E-state index in [1.54, 1.807) is 36.4 Å². The SMILES string of the molecule is CC.N#Cc1cc(C#N)cc(-c2ccc3c4ccccc4n(-c4cc(-c5ccccc5C(F)(F)F)ccc4-c4nc(-c5ccccc5)nc(-c5ccccc5)n4)c3c2)c1. The van der Waals surface area contributed by atoms with Crippen molar-refractivity contribution in [1.29, 1.82) is 10.5 Å². The van der Waals surface area contributed by atoms with Crippen molar-refractivity contribution in [2.24, 2.45) is 0 Å². The van der Waals surface area contributed by atoms with Gasteiger partial charge in [0.25, 0.3) is 0 Å². The molecule has 0 saturated carbocycles. The van der Waals surface area contributed by atoms with Crippen LogP contribution in [-0.2, 0) is 6.18 Å². The summed E-state index contributed by atoms with van der Waals surface area (Å²) >= 11 is 0. The molecule has 9 aromatic rings. The van der Waals surface area contributed by atoms with Crippen LogP contribution in [0.2, 0.25) is 0 Å². The lowest BCUT2D eigenvalue weighted by Crippen LogP contribution is -2.07. The Morgan fingerprint density at radius 3 is 1.63 bits per heavy atom. The minimum Gasteiger partial charge on any atom is -0.308 e. The first-order valence-corrected chi connectivity index (χ1v) is 19.0. The van der Waals surface area contributed by atoms with E-state index < -0.39 is 11.7 Å². The molecular formula is C50H33F3N6. The number of fused-ring (bicyclic) bond motifs is 3. The molecule has 0 N–H and O–H groups in total. The quantitative estimate of drug-likeness (QED) is 0.168. The number of nitriles is 2. The van der Waals surface area contributed by atoms with Gasteiger partial charge in [0.1, 0.15) is 0 Å². The van der Waals surface area contributed by atoms with Gasteiger partial charge in [0.15, 0.2) is 17.5 Å². The molecule has 9 rings (SSSR count). The largest absolute Gasteiger partial charge is 0.417 e. The Morgan fingerprint density at radius 2 is 1.00 bits per heavy atom. The van der Waals surface area contributed by atoms with Gasteiger partial charge in [0, 0.05) is 27.5 Å². The molecule has 2 aromatic heterocycles. The van der Waals surface area contributed by atoms with Crippen LogP contribution in [-0.4, -0.2) is 19.5 Å². The number of aromatic nitrogens is 4. The standard InChI is InChI=1S/C48H27F3N6.C2H6/c49-48(50,51)41-17-9-7-15-37(41)35-20-22-40(47-55-45(32-11-3-1-4-12-32)54-46(56-47)33-13-5-2-6-14-33)44(27-35)57-42-18-10-8-16-38(42)39-21-19-34(26-43(39)57)36-24-30(28-52)23-31(25-36)29-53;1-2/h1-27H;1-2H3. The van der Waals surface area contributed by atoms with E-state index in [2.05, 4.69) is 12.1 Å². The maximum absolute atomic E-state index is 14.5. The summed E-state index contributed by atoms with van der Waals surface area (Å²) < 4.78 is 45.6. The first kappa shape index (κ1) is 38.0. The summed E-state index contributed by atoms with van der Waals surface area (Å²) in [5, 5.41) is 21.3. The van der Waals surface area contributed by atoms with Crippen LogP contribution >= 0.6 is 0 Å². The van der Waals surface area contributed by atoms with Crippen LogP contribution in [0.4, 0.5) is 13.2 Å². The lowest BCUT2D eigenvalue weighted by atomic mass is 9.96. The fourth-order valence-electron chi connectivity index (χ4n) is 7.32. The average Bonchev–Trinajstić information content (AvgIpc) is 3.63. The third kappa shape index (κ3) is 7.30. The average molecular weight is 775 g/mol. The second-order valence-corrected chi connectivity index (χ2v) is 13.4. The molecule has 0 atom stereocenters. The highest BCUT2D eigenvalue weighted by Crippen LogP contribution is 2.42. The summed E-state index contributed by atoms with van der Waals surface area (Å²) in [6.45, 7) is 4.00. The zero-order valence-electron chi connectivity index (χ0n) is 31.9. The van der Waals surface area contributed by atoms with Crippen LogP contribution in [0.25, 0.3) is 83.9 Å². The normalized spacial score (nSPS) is 11.1. The molecule has 0 unspecified atom stereocenters. The van der Waals surface area contributed by atoms with E-state index >= 15 is 0 Å². The Bertz CT molecular complexity index is 3000. The van der Waals surface area contributed by atoms with Crippen molar-refractivity contribution in [3.05, 3.63) is 180 Å². The number of halogens is 3. The number of benzene rings is 7. The van der Waals surface area contributed by atoms with Gasteiger partial charge in [-0.05, 0) is 70.8 Å². The predicted molar refractivity (Wildman–Crippen MR) is 227 cm³/mol. The first-order chi connectivity index (χ1) is 28.8. The van der Waals surface area contributed by atoms with Crippen LogP contribution in [0.5, 0.6) is 0 Å². The lowest BCUT2D eigenvalue weighted by molar-refractivity contribution is -0.137. The van der Waals surface area contributed by atoms with Gasteiger partial charge in [-0.1, -0.05) is 129 Å². The van der Waals surface area contributed by atoms with Gasteiger partial charge in [0.05, 0.1) is 45.5 Å². The molecule has 0 amide bonds. The van der Waals surface area contributed by atoms with E-state index in [-0.39, 0.29) is 5.56 Å². The molecule has 7 aromatic carbocycles. The third-order valence-corrected chi connectivity index (χ3v) is 9.92. The van der Waals surface area contributed by atoms with Crippen LogP contribution in [0.1, 0.15) is 30.5 Å². The van der Waals surface area contributed by atoms with Crippen LogP contribution in [0.3, 0.4) is 0 Å². The summed E-state index contributed by atoms with van der Waals surface area (Å²) in [4.78, 5) is 14.9. The molecule has 0 bridgehead atoms. The summed E-state index contributed by atoms with van der Waals surface area (Å²) in [5.41, 5.74) is 5.95. The molecule has 0 radical (unpaired) electrons. The third-order valence-electron chi connectivity index (χ3n) is 9.92. The van der Waals surface area contributed by atoms with Crippen molar-refractivity contribution in [3.8, 4) is 74.2 Å². The molecule has 0 aliphatic rings. The van der Waals surface area contributed by atoms with E-state index in [1.807, 2.05) is 122 Å². The van der Waals surface area contributed by atoms with Gasteiger partial charge >= 0.3 is 6.18 Å². The fourth-order valence-corrected chi connectivity index (χ4v) is 7.32. The van der Waals surface area contributed by atoms with Crippen molar-refractivity contribution in [3.63, 3.8) is 0 Å². The summed E-state index contributed by atoms with van der Waals surface area (Å²) in [7, 11) is 0. The smallest absolute Gasteiger partial charge is 0.308 e. The monoisotopic (exact) mass is 774 g/mol. The highest BCUT2D eigenvalue weighted by atomic mass is 19.4. The van der Waals surface area contributed by atoms with E-state index in [1.165, 1.54) is 18.2 Å². The van der Waals surface area contributed by atoms with Gasteiger partial charge in [-0.3, -0.25) is 0 Å². The number of nitrogens with zero attached hydrogens (tertiary/aromatic N) is 6. The zero-order chi connectivity index (χ0) is 41.1. The molecule has 0 aliphatic carbocycles. The van der Waals surface area contributed by atoms with Gasteiger partial charge in [0.2, 0.25) is 0 Å². The molecule has 2 heterocycles. The van der Waals surface area contributed by atoms with Crippen molar-refractivity contribution in [1.82, 2.24) is 19.5 Å². The second kappa shape index (κ2) is 15.9. The van der Waals surface area contributed by atoms with Gasteiger partial charge in [-0.25, -0.2) is 15.0 Å². The first-order valence-electron chi connectivity index (χ1n) is 19.0.